The van der Waals surface area contributed by atoms with Crippen LogP contribution < -0.4 is 0 Å². The average molecular weight is 673 g/mol. The molecule has 11 aromatic rings. The number of fused-ring (bicyclic) bond motifs is 7. The van der Waals surface area contributed by atoms with Crippen molar-refractivity contribution >= 4 is 65.0 Å². The summed E-state index contributed by atoms with van der Waals surface area (Å²) in [4.78, 5) is 0. The smallest absolute Gasteiger partial charge is 0.136 e. The fraction of sp³-hybridized carbons (Fsp3) is 0. The van der Waals surface area contributed by atoms with Crippen LogP contribution in [0.5, 0.6) is 0 Å². The van der Waals surface area contributed by atoms with Crippen LogP contribution in [0.15, 0.2) is 199 Å². The zero-order valence-electron chi connectivity index (χ0n) is 28.9. The van der Waals surface area contributed by atoms with Crippen LogP contribution in [0.1, 0.15) is 0 Å². The zero-order chi connectivity index (χ0) is 34.9. The normalized spacial score (nSPS) is 11.8. The Morgan fingerprint density at radius 2 is 0.509 bits per heavy atom. The monoisotopic (exact) mass is 672 g/mol. The van der Waals surface area contributed by atoms with Gasteiger partial charge in [0.15, 0.2) is 0 Å². The van der Waals surface area contributed by atoms with Crippen LogP contribution >= 0.6 is 0 Å². The SMILES string of the molecule is c1ccc(-c2c3ccccc3c(-c3cccc4oc5cccc(-c6c7ccccc7c(-c7ccccc7)c7ccccc67)c5c34)c3ccccc23)cc1. The number of rotatable bonds is 4. The largest absolute Gasteiger partial charge is 0.456 e. The van der Waals surface area contributed by atoms with E-state index in [1.807, 2.05) is 0 Å². The highest BCUT2D eigenvalue weighted by atomic mass is 16.3. The van der Waals surface area contributed by atoms with E-state index in [2.05, 4.69) is 194 Å². The molecular formula is C52H32O. The Bertz CT molecular complexity index is 2870. The second-order valence-corrected chi connectivity index (χ2v) is 13.9. The first-order chi connectivity index (χ1) is 26.3. The standard InChI is InChI=1S/C52H32O/c1-3-17-33(18-4-1)47-35-21-7-11-25-39(35)49(40-26-12-8-22-36(40)47)43-29-15-31-45-51(43)52-44(30-16-32-46(52)53-45)50-41-27-13-9-23-37(41)48(34-19-5-2-6-20-34)38-24-10-14-28-42(38)50/h1-32H. The predicted octanol–water partition coefficient (Wildman–Crippen LogP) is 14.9. The summed E-state index contributed by atoms with van der Waals surface area (Å²) in [5, 5.41) is 12.2. The zero-order valence-corrected chi connectivity index (χ0v) is 28.9. The molecule has 0 bridgehead atoms. The summed E-state index contributed by atoms with van der Waals surface area (Å²) in [6, 6.07) is 70.3. The third kappa shape index (κ3) is 4.44. The number of hydrogen-bond acceptors (Lipinski definition) is 1. The van der Waals surface area contributed by atoms with E-state index in [4.69, 9.17) is 4.42 Å². The van der Waals surface area contributed by atoms with Crippen molar-refractivity contribution in [1.29, 1.82) is 0 Å². The quantitative estimate of drug-likeness (QED) is 0.170. The molecule has 0 aliphatic rings. The summed E-state index contributed by atoms with van der Waals surface area (Å²) in [5.74, 6) is 0. The molecule has 0 amide bonds. The molecule has 0 N–H and O–H groups in total. The minimum atomic E-state index is 0.889. The van der Waals surface area contributed by atoms with E-state index in [-0.39, 0.29) is 0 Å². The van der Waals surface area contributed by atoms with Gasteiger partial charge in [-0.15, -0.1) is 0 Å². The van der Waals surface area contributed by atoms with Gasteiger partial charge < -0.3 is 4.42 Å². The highest BCUT2D eigenvalue weighted by molar-refractivity contribution is 6.30. The lowest BCUT2D eigenvalue weighted by Crippen LogP contribution is -1.92. The van der Waals surface area contributed by atoms with Gasteiger partial charge in [0.25, 0.3) is 0 Å². The Balaban J connectivity index is 1.29. The van der Waals surface area contributed by atoms with Gasteiger partial charge in [-0.05, 0) is 99.7 Å². The van der Waals surface area contributed by atoms with Crippen LogP contribution in [0.4, 0.5) is 0 Å². The highest BCUT2D eigenvalue weighted by Gasteiger charge is 2.24. The van der Waals surface area contributed by atoms with Gasteiger partial charge in [-0.2, -0.15) is 0 Å². The van der Waals surface area contributed by atoms with Gasteiger partial charge in [0.1, 0.15) is 11.2 Å². The van der Waals surface area contributed by atoms with Crippen LogP contribution in [-0.2, 0) is 0 Å². The molecule has 0 saturated carbocycles. The lowest BCUT2D eigenvalue weighted by Gasteiger charge is -2.19. The Morgan fingerprint density at radius 3 is 0.830 bits per heavy atom. The molecule has 0 saturated heterocycles. The summed E-state index contributed by atoms with van der Waals surface area (Å²) in [6.07, 6.45) is 0. The molecule has 0 radical (unpaired) electrons. The van der Waals surface area contributed by atoms with Crippen molar-refractivity contribution in [2.45, 2.75) is 0 Å². The van der Waals surface area contributed by atoms with Crippen molar-refractivity contribution < 1.29 is 4.42 Å². The number of hydrogen-bond donors (Lipinski definition) is 0. The molecular weight excluding hydrogens is 641 g/mol. The summed E-state index contributed by atoms with van der Waals surface area (Å²) >= 11 is 0. The molecule has 1 heteroatoms. The minimum absolute atomic E-state index is 0.889. The van der Waals surface area contributed by atoms with E-state index >= 15 is 0 Å². The first kappa shape index (κ1) is 29.7. The maximum atomic E-state index is 6.81. The van der Waals surface area contributed by atoms with Gasteiger partial charge in [-0.1, -0.05) is 182 Å². The van der Waals surface area contributed by atoms with Crippen molar-refractivity contribution in [2.75, 3.05) is 0 Å². The predicted molar refractivity (Wildman–Crippen MR) is 225 cm³/mol. The molecule has 0 atom stereocenters. The summed E-state index contributed by atoms with van der Waals surface area (Å²) < 4.78 is 6.81. The maximum absolute atomic E-state index is 6.81. The first-order valence-electron chi connectivity index (χ1n) is 18.3. The minimum Gasteiger partial charge on any atom is -0.456 e. The summed E-state index contributed by atoms with van der Waals surface area (Å²) in [7, 11) is 0. The van der Waals surface area contributed by atoms with Crippen molar-refractivity contribution in [3.05, 3.63) is 194 Å². The van der Waals surface area contributed by atoms with E-state index in [1.165, 1.54) is 87.6 Å². The first-order valence-corrected chi connectivity index (χ1v) is 18.3. The second-order valence-electron chi connectivity index (χ2n) is 13.9. The van der Waals surface area contributed by atoms with E-state index in [1.54, 1.807) is 0 Å². The Hall–Kier alpha value is -6.96. The van der Waals surface area contributed by atoms with E-state index in [0.717, 1.165) is 21.9 Å². The summed E-state index contributed by atoms with van der Waals surface area (Å²) in [5.41, 5.74) is 11.6. The second kappa shape index (κ2) is 11.8. The molecule has 53 heavy (non-hydrogen) atoms. The van der Waals surface area contributed by atoms with Crippen LogP contribution in [0, 0.1) is 0 Å². The summed E-state index contributed by atoms with van der Waals surface area (Å²) in [6.45, 7) is 0. The molecule has 0 aliphatic heterocycles. The lowest BCUT2D eigenvalue weighted by atomic mass is 9.83. The van der Waals surface area contributed by atoms with Gasteiger partial charge in [-0.25, -0.2) is 0 Å². The highest BCUT2D eigenvalue weighted by Crippen LogP contribution is 2.50. The van der Waals surface area contributed by atoms with Gasteiger partial charge in [0.2, 0.25) is 0 Å². The third-order valence-electron chi connectivity index (χ3n) is 11.0. The molecule has 1 aromatic heterocycles. The number of benzene rings is 10. The van der Waals surface area contributed by atoms with Crippen LogP contribution in [0.2, 0.25) is 0 Å². The Morgan fingerprint density at radius 1 is 0.226 bits per heavy atom. The van der Waals surface area contributed by atoms with E-state index < -0.39 is 0 Å². The Kier molecular flexibility index (Phi) is 6.62. The van der Waals surface area contributed by atoms with Gasteiger partial charge in [-0.3, -0.25) is 0 Å². The van der Waals surface area contributed by atoms with Crippen molar-refractivity contribution in [3.63, 3.8) is 0 Å². The average Bonchev–Trinajstić information content (AvgIpc) is 3.62. The van der Waals surface area contributed by atoms with E-state index in [0.29, 0.717) is 0 Å². The molecule has 1 nitrogen and oxygen atoms in total. The fourth-order valence-electron chi connectivity index (χ4n) is 8.95. The lowest BCUT2D eigenvalue weighted by molar-refractivity contribution is 0.669. The van der Waals surface area contributed by atoms with Gasteiger partial charge in [0, 0.05) is 10.8 Å². The molecule has 0 fully saturated rings. The van der Waals surface area contributed by atoms with Gasteiger partial charge in [0.05, 0.1) is 0 Å². The third-order valence-corrected chi connectivity index (χ3v) is 11.0. The molecule has 1 heterocycles. The maximum Gasteiger partial charge on any atom is 0.136 e. The van der Waals surface area contributed by atoms with Crippen molar-refractivity contribution in [2.24, 2.45) is 0 Å². The number of furan rings is 1. The van der Waals surface area contributed by atoms with Gasteiger partial charge >= 0.3 is 0 Å². The molecule has 0 spiro atoms. The van der Waals surface area contributed by atoms with Crippen molar-refractivity contribution in [3.8, 4) is 44.5 Å². The van der Waals surface area contributed by atoms with Crippen LogP contribution in [0.25, 0.3) is 110 Å². The molecule has 0 aliphatic carbocycles. The Labute approximate surface area is 307 Å². The topological polar surface area (TPSA) is 13.1 Å². The molecule has 10 aromatic carbocycles. The van der Waals surface area contributed by atoms with Crippen LogP contribution in [0.3, 0.4) is 0 Å². The fourth-order valence-corrected chi connectivity index (χ4v) is 8.95. The van der Waals surface area contributed by atoms with Crippen LogP contribution in [-0.4, -0.2) is 0 Å². The molecule has 0 unspecified atom stereocenters. The molecule has 246 valence electrons. The van der Waals surface area contributed by atoms with Crippen molar-refractivity contribution in [1.82, 2.24) is 0 Å². The van der Waals surface area contributed by atoms with E-state index in [9.17, 15) is 0 Å². The molecule has 11 rings (SSSR count).